The topological polar surface area (TPSA) is 47.6 Å². The predicted molar refractivity (Wildman–Crippen MR) is 69.3 cm³/mol. The first kappa shape index (κ1) is 13.8. The summed E-state index contributed by atoms with van der Waals surface area (Å²) in [6.45, 7) is 6.62. The van der Waals surface area contributed by atoms with Crippen LogP contribution in [0.25, 0.3) is 0 Å². The molecule has 0 aromatic heterocycles. The second-order valence-electron chi connectivity index (χ2n) is 5.73. The average molecular weight is 255 g/mol. The number of ether oxygens (including phenoxy) is 2. The molecule has 2 heterocycles. The summed E-state index contributed by atoms with van der Waals surface area (Å²) in [6, 6.07) is 0. The highest BCUT2D eigenvalue weighted by atomic mass is 16.5. The van der Waals surface area contributed by atoms with Crippen LogP contribution in [-0.4, -0.2) is 37.9 Å². The fourth-order valence-electron chi connectivity index (χ4n) is 2.90. The SMILES string of the molecule is CC(C)[C@H]1OCC[C@@H]1CNC(=O)[C@@H]1CCCCO1. The van der Waals surface area contributed by atoms with E-state index in [4.69, 9.17) is 9.47 Å². The minimum absolute atomic E-state index is 0.0594. The molecule has 18 heavy (non-hydrogen) atoms. The summed E-state index contributed by atoms with van der Waals surface area (Å²) in [6.07, 6.45) is 4.15. The number of nitrogens with one attached hydrogen (secondary N) is 1. The van der Waals surface area contributed by atoms with Gasteiger partial charge in [0.2, 0.25) is 5.91 Å². The minimum atomic E-state index is -0.224. The molecule has 0 saturated carbocycles. The van der Waals surface area contributed by atoms with Gasteiger partial charge in [0, 0.05) is 25.7 Å². The van der Waals surface area contributed by atoms with Crippen molar-refractivity contribution >= 4 is 5.91 Å². The van der Waals surface area contributed by atoms with E-state index in [9.17, 15) is 4.79 Å². The van der Waals surface area contributed by atoms with Gasteiger partial charge in [0.1, 0.15) is 6.10 Å². The fraction of sp³-hybridized carbons (Fsp3) is 0.929. The van der Waals surface area contributed by atoms with Crippen LogP contribution in [0.3, 0.4) is 0 Å². The summed E-state index contributed by atoms with van der Waals surface area (Å²) in [5.41, 5.74) is 0. The lowest BCUT2D eigenvalue weighted by Crippen LogP contribution is -2.42. The van der Waals surface area contributed by atoms with Crippen molar-refractivity contribution in [3.05, 3.63) is 0 Å². The van der Waals surface area contributed by atoms with Gasteiger partial charge in [-0.15, -0.1) is 0 Å². The molecular weight excluding hydrogens is 230 g/mol. The van der Waals surface area contributed by atoms with Gasteiger partial charge in [-0.25, -0.2) is 0 Å². The largest absolute Gasteiger partial charge is 0.378 e. The van der Waals surface area contributed by atoms with Crippen molar-refractivity contribution in [2.75, 3.05) is 19.8 Å². The second kappa shape index (κ2) is 6.53. The van der Waals surface area contributed by atoms with E-state index in [1.165, 1.54) is 0 Å². The van der Waals surface area contributed by atoms with Gasteiger partial charge >= 0.3 is 0 Å². The van der Waals surface area contributed by atoms with Crippen molar-refractivity contribution in [3.63, 3.8) is 0 Å². The van der Waals surface area contributed by atoms with E-state index in [2.05, 4.69) is 19.2 Å². The summed E-state index contributed by atoms with van der Waals surface area (Å²) in [4.78, 5) is 12.0. The van der Waals surface area contributed by atoms with Gasteiger partial charge in [-0.3, -0.25) is 4.79 Å². The van der Waals surface area contributed by atoms with Gasteiger partial charge in [0.05, 0.1) is 6.10 Å². The third-order valence-corrected chi connectivity index (χ3v) is 3.93. The summed E-state index contributed by atoms with van der Waals surface area (Å²) in [5.74, 6) is 1.03. The molecule has 1 amide bonds. The van der Waals surface area contributed by atoms with Crippen molar-refractivity contribution in [3.8, 4) is 0 Å². The van der Waals surface area contributed by atoms with E-state index < -0.39 is 0 Å². The van der Waals surface area contributed by atoms with E-state index in [-0.39, 0.29) is 18.1 Å². The van der Waals surface area contributed by atoms with E-state index in [0.29, 0.717) is 11.8 Å². The van der Waals surface area contributed by atoms with Gasteiger partial charge in [0.15, 0.2) is 0 Å². The zero-order chi connectivity index (χ0) is 13.0. The molecule has 2 rings (SSSR count). The van der Waals surface area contributed by atoms with Gasteiger partial charge in [-0.2, -0.15) is 0 Å². The number of rotatable bonds is 4. The third kappa shape index (κ3) is 3.45. The van der Waals surface area contributed by atoms with E-state index in [1.54, 1.807) is 0 Å². The Balaban J connectivity index is 1.74. The minimum Gasteiger partial charge on any atom is -0.378 e. The Morgan fingerprint density at radius 3 is 2.72 bits per heavy atom. The molecule has 1 N–H and O–H groups in total. The van der Waals surface area contributed by atoms with Crippen LogP contribution in [0.15, 0.2) is 0 Å². The maximum Gasteiger partial charge on any atom is 0.249 e. The van der Waals surface area contributed by atoms with Crippen LogP contribution in [0.4, 0.5) is 0 Å². The van der Waals surface area contributed by atoms with Gasteiger partial charge < -0.3 is 14.8 Å². The Morgan fingerprint density at radius 2 is 2.06 bits per heavy atom. The molecule has 4 heteroatoms. The van der Waals surface area contributed by atoms with Crippen LogP contribution in [-0.2, 0) is 14.3 Å². The molecule has 0 radical (unpaired) electrons. The zero-order valence-electron chi connectivity index (χ0n) is 11.5. The van der Waals surface area contributed by atoms with Crippen LogP contribution in [0.1, 0.15) is 39.5 Å². The van der Waals surface area contributed by atoms with Crippen LogP contribution >= 0.6 is 0 Å². The van der Waals surface area contributed by atoms with Gasteiger partial charge in [0.25, 0.3) is 0 Å². The monoisotopic (exact) mass is 255 g/mol. The molecule has 0 unspecified atom stereocenters. The number of hydrogen-bond donors (Lipinski definition) is 1. The molecule has 4 nitrogen and oxygen atoms in total. The Kier molecular flexibility index (Phi) is 5.01. The van der Waals surface area contributed by atoms with Gasteiger partial charge in [-0.1, -0.05) is 13.8 Å². The molecule has 0 spiro atoms. The summed E-state index contributed by atoms with van der Waals surface area (Å²) >= 11 is 0. The average Bonchev–Trinajstić information content (AvgIpc) is 2.85. The lowest BCUT2D eigenvalue weighted by molar-refractivity contribution is -0.135. The highest BCUT2D eigenvalue weighted by Crippen LogP contribution is 2.26. The molecular formula is C14H25NO3. The van der Waals surface area contributed by atoms with E-state index in [0.717, 1.165) is 45.4 Å². The molecule has 2 aliphatic rings. The molecule has 0 aromatic rings. The van der Waals surface area contributed by atoms with Crippen molar-refractivity contribution in [1.29, 1.82) is 0 Å². The molecule has 0 aliphatic carbocycles. The standard InChI is InChI=1S/C14H25NO3/c1-10(2)13-11(6-8-18-13)9-15-14(16)12-5-3-4-7-17-12/h10-13H,3-9H2,1-2H3,(H,15,16)/t11-,12+,13-/m1/s1. The first-order chi connectivity index (χ1) is 8.68. The molecule has 2 fully saturated rings. The van der Waals surface area contributed by atoms with Crippen molar-refractivity contribution in [1.82, 2.24) is 5.32 Å². The molecule has 3 atom stereocenters. The Hall–Kier alpha value is -0.610. The number of carbonyl (C=O) groups is 1. The Bertz CT molecular complexity index is 274. The quantitative estimate of drug-likeness (QED) is 0.832. The number of hydrogen-bond acceptors (Lipinski definition) is 3. The van der Waals surface area contributed by atoms with Crippen LogP contribution in [0, 0.1) is 11.8 Å². The Labute approximate surface area is 109 Å². The molecule has 104 valence electrons. The van der Waals surface area contributed by atoms with Crippen molar-refractivity contribution in [2.45, 2.75) is 51.7 Å². The van der Waals surface area contributed by atoms with Crippen LogP contribution in [0.5, 0.6) is 0 Å². The normalized spacial score (nSPS) is 32.7. The number of carbonyl (C=O) groups excluding carboxylic acids is 1. The molecule has 2 aliphatic heterocycles. The maximum absolute atomic E-state index is 12.0. The smallest absolute Gasteiger partial charge is 0.249 e. The van der Waals surface area contributed by atoms with Gasteiger partial charge in [-0.05, 0) is 31.6 Å². The third-order valence-electron chi connectivity index (χ3n) is 3.93. The second-order valence-corrected chi connectivity index (χ2v) is 5.73. The van der Waals surface area contributed by atoms with E-state index in [1.807, 2.05) is 0 Å². The summed E-state index contributed by atoms with van der Waals surface area (Å²) in [7, 11) is 0. The molecule has 2 saturated heterocycles. The highest BCUT2D eigenvalue weighted by molar-refractivity contribution is 5.80. The van der Waals surface area contributed by atoms with Crippen LogP contribution in [0.2, 0.25) is 0 Å². The zero-order valence-corrected chi connectivity index (χ0v) is 11.5. The molecule has 0 aromatic carbocycles. The maximum atomic E-state index is 12.0. The van der Waals surface area contributed by atoms with Crippen LogP contribution < -0.4 is 5.32 Å². The predicted octanol–water partition coefficient (Wildman–Crippen LogP) is 1.73. The van der Waals surface area contributed by atoms with Crippen molar-refractivity contribution in [2.24, 2.45) is 11.8 Å². The Morgan fingerprint density at radius 1 is 1.22 bits per heavy atom. The number of amides is 1. The highest BCUT2D eigenvalue weighted by Gasteiger charge is 2.31. The van der Waals surface area contributed by atoms with E-state index >= 15 is 0 Å². The first-order valence-corrected chi connectivity index (χ1v) is 7.19. The fourth-order valence-corrected chi connectivity index (χ4v) is 2.90. The summed E-state index contributed by atoms with van der Waals surface area (Å²) in [5, 5.41) is 3.04. The lowest BCUT2D eigenvalue weighted by atomic mass is 9.93. The summed E-state index contributed by atoms with van der Waals surface area (Å²) < 4.78 is 11.2. The lowest BCUT2D eigenvalue weighted by Gasteiger charge is -2.25. The molecule has 0 bridgehead atoms. The van der Waals surface area contributed by atoms with Crippen molar-refractivity contribution < 1.29 is 14.3 Å². The first-order valence-electron chi connectivity index (χ1n) is 7.19.